The van der Waals surface area contributed by atoms with Crippen LogP contribution >= 0.6 is 0 Å². The molecule has 2 aliphatic heterocycles. The molecule has 8 heterocycles. The maximum absolute atomic E-state index is 5.59. The molecule has 8 rings (SSSR count). The van der Waals surface area contributed by atoms with Crippen molar-refractivity contribution in [3.63, 3.8) is 0 Å². The lowest BCUT2D eigenvalue weighted by molar-refractivity contribution is -0.682. The highest BCUT2D eigenvalue weighted by molar-refractivity contribution is 6.09. The third kappa shape index (κ3) is 6.85. The van der Waals surface area contributed by atoms with Crippen molar-refractivity contribution >= 4 is 52.2 Å². The molecule has 59 heavy (non-hydrogen) atoms. The number of aryl methyl sites for hydroxylation is 5. The number of rotatable bonds is 12. The SMILES string of the molecule is C/C=C\N(CC)/C(=N/CC)c1c2nc(c(-c3nccn3CC)c3ccc([nH]3)c(-c3n(CC)cc[n+]3CC)c3nc(c(-c4n(CC)cc[n+]4CC)c4ccc1[nH]4)C=C3)C=C2. The molecule has 302 valence electrons. The van der Waals surface area contributed by atoms with E-state index >= 15 is 0 Å². The minimum absolute atomic E-state index is 0.612. The zero-order valence-electron chi connectivity index (χ0n) is 35.7. The van der Waals surface area contributed by atoms with Crippen LogP contribution in [-0.4, -0.2) is 62.4 Å². The molecule has 0 unspecified atom stereocenters. The van der Waals surface area contributed by atoms with Crippen LogP contribution in [0.5, 0.6) is 0 Å². The van der Waals surface area contributed by atoms with Crippen LogP contribution in [0, 0.1) is 0 Å². The number of aliphatic imine (C=N–C) groups is 1. The second-order valence-electron chi connectivity index (χ2n) is 14.5. The van der Waals surface area contributed by atoms with Crippen molar-refractivity contribution in [1.82, 2.24) is 43.5 Å². The van der Waals surface area contributed by atoms with Gasteiger partial charge in [0.1, 0.15) is 47.6 Å². The van der Waals surface area contributed by atoms with Crippen molar-refractivity contribution < 1.29 is 9.13 Å². The number of imidazole rings is 3. The van der Waals surface area contributed by atoms with Crippen LogP contribution in [0.1, 0.15) is 83.7 Å². The van der Waals surface area contributed by atoms with Gasteiger partial charge in [0, 0.05) is 38.2 Å². The maximum Gasteiger partial charge on any atom is 0.293 e. The van der Waals surface area contributed by atoms with E-state index in [0.29, 0.717) is 6.54 Å². The number of H-pyrrole nitrogens is 2. The molecular formula is C47H56N12+2. The van der Waals surface area contributed by atoms with Gasteiger partial charge in [-0.1, -0.05) is 6.08 Å². The van der Waals surface area contributed by atoms with Crippen molar-refractivity contribution in [2.75, 3.05) is 13.1 Å². The summed E-state index contributed by atoms with van der Waals surface area (Å²) < 4.78 is 11.4. The fourth-order valence-corrected chi connectivity index (χ4v) is 8.44. The van der Waals surface area contributed by atoms with E-state index in [1.165, 1.54) is 0 Å². The van der Waals surface area contributed by atoms with Crippen LogP contribution < -0.4 is 9.13 Å². The van der Waals surface area contributed by atoms with E-state index < -0.39 is 0 Å². The predicted molar refractivity (Wildman–Crippen MR) is 240 cm³/mol. The number of allylic oxidation sites excluding steroid dienone is 1. The molecule has 6 aromatic rings. The van der Waals surface area contributed by atoms with Gasteiger partial charge in [0.2, 0.25) is 0 Å². The van der Waals surface area contributed by atoms with Gasteiger partial charge in [0.05, 0.1) is 82.1 Å². The zero-order chi connectivity index (χ0) is 41.2. The number of hydrogen-bond acceptors (Lipinski definition) is 4. The minimum atomic E-state index is 0.612. The molecule has 0 saturated carbocycles. The van der Waals surface area contributed by atoms with Gasteiger partial charge >= 0.3 is 0 Å². The van der Waals surface area contributed by atoms with E-state index in [1.807, 2.05) is 19.3 Å². The Balaban J connectivity index is 1.62. The first kappa shape index (κ1) is 39.3. The Morgan fingerprint density at radius 3 is 1.69 bits per heavy atom. The normalized spacial score (nSPS) is 12.8. The van der Waals surface area contributed by atoms with Crippen LogP contribution in [0.25, 0.3) is 80.5 Å². The summed E-state index contributed by atoms with van der Waals surface area (Å²) in [6.45, 7) is 22.6. The Morgan fingerprint density at radius 2 is 1.17 bits per heavy atom. The van der Waals surface area contributed by atoms with Gasteiger partial charge in [-0.25, -0.2) is 33.2 Å². The van der Waals surface area contributed by atoms with Gasteiger partial charge in [0.15, 0.2) is 0 Å². The van der Waals surface area contributed by atoms with Crippen LogP contribution in [0.4, 0.5) is 0 Å². The molecule has 6 aromatic heterocycles. The molecule has 0 aromatic carbocycles. The average molecular weight is 789 g/mol. The quantitative estimate of drug-likeness (QED) is 0.0734. The summed E-state index contributed by atoms with van der Waals surface area (Å²) in [5.74, 6) is 3.88. The fraction of sp³-hybridized carbons (Fsp3) is 0.319. The number of nitrogens with zero attached hydrogens (tertiary/aromatic N) is 10. The van der Waals surface area contributed by atoms with Crippen LogP contribution in [0.2, 0.25) is 0 Å². The Hall–Kier alpha value is -6.56. The van der Waals surface area contributed by atoms with Gasteiger partial charge in [0.25, 0.3) is 11.6 Å². The summed E-state index contributed by atoms with van der Waals surface area (Å²) in [6.07, 6.45) is 25.3. The van der Waals surface area contributed by atoms with Crippen molar-refractivity contribution in [2.24, 2.45) is 4.99 Å². The smallest absolute Gasteiger partial charge is 0.293 e. The summed E-state index contributed by atoms with van der Waals surface area (Å²) in [4.78, 5) is 31.2. The van der Waals surface area contributed by atoms with Crippen LogP contribution in [0.3, 0.4) is 0 Å². The summed E-state index contributed by atoms with van der Waals surface area (Å²) in [5, 5.41) is 0. The molecule has 2 aliphatic rings. The number of amidine groups is 1. The highest BCUT2D eigenvalue weighted by atomic mass is 15.2. The number of nitrogens with one attached hydrogen (secondary N) is 2. The summed E-state index contributed by atoms with van der Waals surface area (Å²) >= 11 is 0. The van der Waals surface area contributed by atoms with Gasteiger partial charge in [-0.2, -0.15) is 0 Å². The molecule has 0 fully saturated rings. The maximum atomic E-state index is 5.59. The Bertz CT molecular complexity index is 2770. The highest BCUT2D eigenvalue weighted by Crippen LogP contribution is 2.36. The Morgan fingerprint density at radius 1 is 0.661 bits per heavy atom. The highest BCUT2D eigenvalue weighted by Gasteiger charge is 2.29. The van der Waals surface area contributed by atoms with Crippen LogP contribution in [-0.2, 0) is 32.7 Å². The van der Waals surface area contributed by atoms with Gasteiger partial charge in [-0.05, 0) is 104 Å². The fourth-order valence-electron chi connectivity index (χ4n) is 8.44. The number of hydrogen-bond donors (Lipinski definition) is 2. The molecule has 12 nitrogen and oxygen atoms in total. The number of aromatic nitrogens is 10. The third-order valence-electron chi connectivity index (χ3n) is 11.3. The van der Waals surface area contributed by atoms with E-state index in [2.05, 4.69) is 172 Å². The monoisotopic (exact) mass is 788 g/mol. The number of fused-ring (bicyclic) bond motifs is 8. The van der Waals surface area contributed by atoms with Gasteiger partial charge in [-0.15, -0.1) is 0 Å². The van der Waals surface area contributed by atoms with E-state index in [0.717, 1.165) is 130 Å². The molecule has 0 aliphatic carbocycles. The lowest BCUT2D eigenvalue weighted by atomic mass is 10.1. The van der Waals surface area contributed by atoms with E-state index in [4.69, 9.17) is 19.9 Å². The first-order valence-corrected chi connectivity index (χ1v) is 21.2. The van der Waals surface area contributed by atoms with Crippen molar-refractivity contribution in [3.8, 4) is 34.2 Å². The molecule has 8 bridgehead atoms. The molecule has 0 saturated heterocycles. The lowest BCUT2D eigenvalue weighted by Crippen LogP contribution is -2.33. The molecule has 0 spiro atoms. The summed E-state index contributed by atoms with van der Waals surface area (Å²) in [6, 6.07) is 8.71. The summed E-state index contributed by atoms with van der Waals surface area (Å²) in [7, 11) is 0. The zero-order valence-corrected chi connectivity index (χ0v) is 35.7. The van der Waals surface area contributed by atoms with E-state index in [-0.39, 0.29) is 0 Å². The average Bonchev–Trinajstić information content (AvgIpc) is 4.12. The van der Waals surface area contributed by atoms with Crippen molar-refractivity contribution in [2.45, 2.75) is 88.1 Å². The number of aromatic amines is 2. The first-order chi connectivity index (χ1) is 28.9. The molecule has 2 N–H and O–H groups in total. The molecule has 12 heteroatoms. The second-order valence-corrected chi connectivity index (χ2v) is 14.5. The molecule has 0 amide bonds. The second kappa shape index (κ2) is 16.7. The lowest BCUT2D eigenvalue weighted by Gasteiger charge is -2.21. The first-order valence-electron chi connectivity index (χ1n) is 21.2. The van der Waals surface area contributed by atoms with Gasteiger partial charge in [-0.3, -0.25) is 4.99 Å². The van der Waals surface area contributed by atoms with Crippen molar-refractivity contribution in [1.29, 1.82) is 0 Å². The predicted octanol–water partition coefficient (Wildman–Crippen LogP) is 8.75. The minimum Gasteiger partial charge on any atom is -0.354 e. The van der Waals surface area contributed by atoms with Crippen LogP contribution in [0.15, 0.2) is 78.7 Å². The standard InChI is InChI=1S/C47H55N12/c1-9-26-54(11-3)44(48-10-2)40-32-17-18-34(50-32)41(45-49-25-27-55(45)12-4)35-20-22-37(52-35)43(47-58(15-7)30-31-59(47)16-8)39-24-23-38(53-39)42(36-21-19-33(40)51-36)46-56(13-5)28-29-57(46)14-6/h9,17-31H,10-16H2,1-8H3,(H,50,51,52,53)/q+1/p+1/b26-9-,40-32?,40-33?,41-34?,41-35?,42-36?,42-38?,43-37?,43-39?,48-44+. The molecule has 0 atom stereocenters. The largest absolute Gasteiger partial charge is 0.354 e. The van der Waals surface area contributed by atoms with E-state index in [9.17, 15) is 0 Å². The topological polar surface area (TPSA) is 108 Å². The molecule has 0 radical (unpaired) electrons. The summed E-state index contributed by atoms with van der Waals surface area (Å²) in [5.41, 5.74) is 11.1. The Kier molecular flexibility index (Phi) is 11.1. The molecular weight excluding hydrogens is 733 g/mol. The van der Waals surface area contributed by atoms with E-state index in [1.54, 1.807) is 0 Å². The van der Waals surface area contributed by atoms with Crippen molar-refractivity contribution in [3.05, 3.63) is 102 Å². The van der Waals surface area contributed by atoms with Gasteiger partial charge < -0.3 is 19.4 Å². The third-order valence-corrected chi connectivity index (χ3v) is 11.3. The Labute approximate surface area is 346 Å².